The molecule has 2 unspecified atom stereocenters. The van der Waals surface area contributed by atoms with Gasteiger partial charge in [0.2, 0.25) is 0 Å². The van der Waals surface area contributed by atoms with Crippen molar-refractivity contribution in [3.63, 3.8) is 0 Å². The van der Waals surface area contributed by atoms with E-state index in [1.54, 1.807) is 0 Å². The lowest BCUT2D eigenvalue weighted by atomic mass is 9.79. The number of furan rings is 1. The number of rotatable bonds is 3. The Kier molecular flexibility index (Phi) is 6.68. The van der Waals surface area contributed by atoms with Gasteiger partial charge in [0.05, 0.1) is 5.69 Å². The normalized spacial score (nSPS) is 20.6. The van der Waals surface area contributed by atoms with Crippen LogP contribution in [0.15, 0.2) is 172 Å². The molecule has 0 N–H and O–H groups in total. The van der Waals surface area contributed by atoms with Crippen LogP contribution in [-0.2, 0) is 5.41 Å². The summed E-state index contributed by atoms with van der Waals surface area (Å²) in [4.78, 5) is 5.01. The van der Waals surface area contributed by atoms with Crippen molar-refractivity contribution in [2.24, 2.45) is 5.92 Å². The van der Waals surface area contributed by atoms with Gasteiger partial charge in [0.15, 0.2) is 0 Å². The Morgan fingerprint density at radius 2 is 1.46 bits per heavy atom. The Hall–Kier alpha value is -6.06. The molecule has 6 aromatic rings. The predicted molar refractivity (Wildman–Crippen MR) is 225 cm³/mol. The molecule has 2 atom stereocenters. The number of anilines is 3. The van der Waals surface area contributed by atoms with Gasteiger partial charge >= 0.3 is 0 Å². The van der Waals surface area contributed by atoms with E-state index in [-0.39, 0.29) is 11.3 Å². The third-order valence-electron chi connectivity index (χ3n) is 12.9. The fourth-order valence-corrected chi connectivity index (χ4v) is 10.0. The molecule has 0 spiro atoms. The maximum Gasteiger partial charge on any atom is 0.136 e. The second-order valence-electron chi connectivity index (χ2n) is 16.1. The van der Waals surface area contributed by atoms with Crippen molar-refractivity contribution in [2.45, 2.75) is 51.9 Å². The lowest BCUT2D eigenvalue weighted by Gasteiger charge is -2.35. The lowest BCUT2D eigenvalue weighted by molar-refractivity contribution is 0.660. The summed E-state index contributed by atoms with van der Waals surface area (Å²) in [6.07, 6.45) is 18.6. The number of hydrogen-bond acceptors (Lipinski definition) is 3. The molecular formula is C51H42N2O. The molecule has 0 fully saturated rings. The maximum atomic E-state index is 6.43. The van der Waals surface area contributed by atoms with Crippen molar-refractivity contribution in [3.8, 4) is 11.1 Å². The van der Waals surface area contributed by atoms with Gasteiger partial charge in [-0.1, -0.05) is 111 Å². The minimum atomic E-state index is -0.0905. The highest BCUT2D eigenvalue weighted by molar-refractivity contribution is 6.08. The minimum absolute atomic E-state index is 0.0905. The fourth-order valence-electron chi connectivity index (χ4n) is 10.0. The molecule has 3 nitrogen and oxygen atoms in total. The van der Waals surface area contributed by atoms with Crippen molar-refractivity contribution < 1.29 is 4.42 Å². The molecule has 5 aromatic carbocycles. The van der Waals surface area contributed by atoms with Crippen LogP contribution in [0.25, 0.3) is 39.1 Å². The highest BCUT2D eigenvalue weighted by atomic mass is 16.3. The van der Waals surface area contributed by atoms with Gasteiger partial charge < -0.3 is 14.2 Å². The smallest absolute Gasteiger partial charge is 0.136 e. The van der Waals surface area contributed by atoms with Crippen molar-refractivity contribution >= 4 is 45.1 Å². The van der Waals surface area contributed by atoms with Crippen LogP contribution in [-0.4, -0.2) is 0 Å². The highest BCUT2D eigenvalue weighted by Crippen LogP contribution is 2.54. The third kappa shape index (κ3) is 4.42. The summed E-state index contributed by atoms with van der Waals surface area (Å²) in [7, 11) is 0. The summed E-state index contributed by atoms with van der Waals surface area (Å²) in [6, 6.07) is 38.1. The molecule has 5 aliphatic rings. The van der Waals surface area contributed by atoms with Crippen LogP contribution in [0.5, 0.6) is 0 Å². The maximum absolute atomic E-state index is 6.43. The van der Waals surface area contributed by atoms with Gasteiger partial charge in [-0.3, -0.25) is 0 Å². The van der Waals surface area contributed by atoms with E-state index < -0.39 is 0 Å². The van der Waals surface area contributed by atoms with E-state index in [0.29, 0.717) is 5.92 Å². The average Bonchev–Trinajstić information content (AvgIpc) is 3.77. The van der Waals surface area contributed by atoms with Crippen LogP contribution < -0.4 is 9.80 Å². The summed E-state index contributed by atoms with van der Waals surface area (Å²) in [5.74, 6) is 0.569. The molecule has 2 aliphatic heterocycles. The van der Waals surface area contributed by atoms with Crippen molar-refractivity contribution in [3.05, 3.63) is 190 Å². The number of hydrogen-bond donors (Lipinski definition) is 0. The zero-order chi connectivity index (χ0) is 36.3. The molecular weight excluding hydrogens is 657 g/mol. The number of allylic oxidation sites excluding steroid dienone is 10. The van der Waals surface area contributed by atoms with E-state index in [9.17, 15) is 0 Å². The molecule has 0 saturated carbocycles. The van der Waals surface area contributed by atoms with Gasteiger partial charge in [0.25, 0.3) is 0 Å². The Balaban J connectivity index is 1.05. The first-order valence-electron chi connectivity index (χ1n) is 19.4. The first-order valence-corrected chi connectivity index (χ1v) is 19.4. The monoisotopic (exact) mass is 698 g/mol. The molecule has 0 amide bonds. The average molecular weight is 699 g/mol. The largest absolute Gasteiger partial charge is 0.456 e. The SMILES string of the molecule is CC=C(C)N1C2=CC=C(C3=CC=C4C(C=Cc5cc6oc7ccccc7c6cc5N4c4ccc5c(c4)C(C)(C)c4ccccc4-5)C3)CC2c2ccccc21. The highest BCUT2D eigenvalue weighted by Gasteiger charge is 2.39. The van der Waals surface area contributed by atoms with Crippen LogP contribution in [0, 0.1) is 5.92 Å². The van der Waals surface area contributed by atoms with Crippen LogP contribution >= 0.6 is 0 Å². The molecule has 3 aliphatic carbocycles. The molecule has 1 aromatic heterocycles. The fraction of sp³-hybridized carbons (Fsp3) is 0.176. The number of benzene rings is 5. The molecule has 11 rings (SSSR count). The predicted octanol–water partition coefficient (Wildman–Crippen LogP) is 13.6. The van der Waals surface area contributed by atoms with Gasteiger partial charge in [0.1, 0.15) is 11.2 Å². The van der Waals surface area contributed by atoms with Gasteiger partial charge in [-0.2, -0.15) is 0 Å². The second-order valence-corrected chi connectivity index (χ2v) is 16.1. The summed E-state index contributed by atoms with van der Waals surface area (Å²) in [5, 5.41) is 2.30. The number of para-hydroxylation sites is 2. The summed E-state index contributed by atoms with van der Waals surface area (Å²) in [6.45, 7) is 9.10. The summed E-state index contributed by atoms with van der Waals surface area (Å²) < 4.78 is 6.43. The lowest BCUT2D eigenvalue weighted by Crippen LogP contribution is -2.25. The molecule has 0 saturated heterocycles. The quantitative estimate of drug-likeness (QED) is 0.183. The van der Waals surface area contributed by atoms with Crippen LogP contribution in [0.1, 0.15) is 68.7 Å². The molecule has 0 radical (unpaired) electrons. The van der Waals surface area contributed by atoms with Gasteiger partial charge in [-0.05, 0) is 114 Å². The van der Waals surface area contributed by atoms with E-state index in [0.717, 1.165) is 34.8 Å². The zero-order valence-electron chi connectivity index (χ0n) is 31.2. The van der Waals surface area contributed by atoms with Crippen molar-refractivity contribution in [1.82, 2.24) is 0 Å². The molecule has 3 heterocycles. The molecule has 262 valence electrons. The van der Waals surface area contributed by atoms with Gasteiger partial charge in [-0.15, -0.1) is 0 Å². The topological polar surface area (TPSA) is 19.6 Å². The van der Waals surface area contributed by atoms with E-state index in [2.05, 4.69) is 183 Å². The van der Waals surface area contributed by atoms with Crippen LogP contribution in [0.4, 0.5) is 17.1 Å². The summed E-state index contributed by atoms with van der Waals surface area (Å²) in [5.41, 5.74) is 20.4. The van der Waals surface area contributed by atoms with Gasteiger partial charge in [0, 0.05) is 62.1 Å². The minimum Gasteiger partial charge on any atom is -0.456 e. The Bertz CT molecular complexity index is 2800. The van der Waals surface area contributed by atoms with Crippen LogP contribution in [0.3, 0.4) is 0 Å². The Morgan fingerprint density at radius 3 is 2.35 bits per heavy atom. The second kappa shape index (κ2) is 11.5. The van der Waals surface area contributed by atoms with Crippen LogP contribution in [0.2, 0.25) is 0 Å². The third-order valence-corrected chi connectivity index (χ3v) is 12.9. The van der Waals surface area contributed by atoms with Crippen molar-refractivity contribution in [2.75, 3.05) is 9.80 Å². The van der Waals surface area contributed by atoms with Crippen molar-refractivity contribution in [1.29, 1.82) is 0 Å². The van der Waals surface area contributed by atoms with E-state index in [4.69, 9.17) is 4.42 Å². The van der Waals surface area contributed by atoms with Gasteiger partial charge in [-0.25, -0.2) is 0 Å². The number of fused-ring (bicyclic) bond motifs is 11. The van der Waals surface area contributed by atoms with E-state index >= 15 is 0 Å². The molecule has 0 bridgehead atoms. The zero-order valence-corrected chi connectivity index (χ0v) is 31.2. The molecule has 54 heavy (non-hydrogen) atoms. The summed E-state index contributed by atoms with van der Waals surface area (Å²) >= 11 is 0. The number of nitrogens with zero attached hydrogens (tertiary/aromatic N) is 2. The Labute approximate surface area is 317 Å². The first kappa shape index (κ1) is 31.5. The van der Waals surface area contributed by atoms with E-state index in [1.165, 1.54) is 78.7 Å². The first-order chi connectivity index (χ1) is 26.4. The molecule has 3 heteroatoms. The van der Waals surface area contributed by atoms with E-state index in [1.807, 2.05) is 0 Å². The standard InChI is InChI=1S/C51H42N2O/c1-5-31(2)52-46-16-10-7-13-39(46)41-27-33(21-25-47(41)52)32-20-24-45-34(26-32)18-19-35-28-50-42(40-14-8-11-17-49(40)54-50)30-48(35)53(45)36-22-23-38-37-12-6-9-15-43(37)51(3,4)44(38)29-36/h5-25,28-30,34,41H,26-27H2,1-4H3. The Morgan fingerprint density at radius 1 is 0.704 bits per heavy atom.